The molecule has 25 heavy (non-hydrogen) atoms. The summed E-state index contributed by atoms with van der Waals surface area (Å²) >= 11 is 1.70. The Morgan fingerprint density at radius 2 is 1.80 bits per heavy atom. The molecular formula is C20H27N3OS. The Kier molecular flexibility index (Phi) is 6.45. The lowest BCUT2D eigenvalue weighted by atomic mass is 10.2. The van der Waals surface area contributed by atoms with E-state index in [9.17, 15) is 0 Å². The van der Waals surface area contributed by atoms with E-state index in [-0.39, 0.29) is 0 Å². The predicted molar refractivity (Wildman–Crippen MR) is 105 cm³/mol. The number of benzene rings is 1. The Balaban J connectivity index is 1.62. The third-order valence-electron chi connectivity index (χ3n) is 4.25. The molecule has 1 aromatic carbocycles. The van der Waals surface area contributed by atoms with E-state index in [1.165, 1.54) is 30.7 Å². The summed E-state index contributed by atoms with van der Waals surface area (Å²) in [6.07, 6.45) is 10.4. The first kappa shape index (κ1) is 17.9. The normalized spacial score (nSPS) is 11.3. The molecule has 5 heteroatoms. The number of aromatic nitrogens is 3. The van der Waals surface area contributed by atoms with E-state index in [4.69, 9.17) is 9.72 Å². The van der Waals surface area contributed by atoms with Crippen LogP contribution in [0.2, 0.25) is 0 Å². The second kappa shape index (κ2) is 8.99. The molecule has 2 aromatic heterocycles. The molecule has 0 spiro atoms. The van der Waals surface area contributed by atoms with Gasteiger partial charge in [-0.3, -0.25) is 0 Å². The molecule has 0 aliphatic rings. The van der Waals surface area contributed by atoms with Crippen LogP contribution in [0, 0.1) is 0 Å². The Hall–Kier alpha value is -1.88. The Morgan fingerprint density at radius 1 is 1.00 bits per heavy atom. The van der Waals surface area contributed by atoms with E-state index in [1.807, 2.05) is 22.8 Å². The Bertz CT molecular complexity index is 744. The van der Waals surface area contributed by atoms with Crippen LogP contribution in [0.5, 0.6) is 5.75 Å². The number of unbranched alkanes of at least 4 members (excludes halogenated alkanes) is 4. The lowest BCUT2D eigenvalue weighted by Gasteiger charge is -2.05. The summed E-state index contributed by atoms with van der Waals surface area (Å²) < 4.78 is 7.63. The van der Waals surface area contributed by atoms with Crippen LogP contribution in [-0.4, -0.2) is 21.2 Å². The highest BCUT2D eigenvalue weighted by molar-refractivity contribution is 7.16. The van der Waals surface area contributed by atoms with Crippen molar-refractivity contribution in [1.29, 1.82) is 0 Å². The van der Waals surface area contributed by atoms with E-state index >= 15 is 0 Å². The van der Waals surface area contributed by atoms with Crippen LogP contribution in [0.25, 0.3) is 16.2 Å². The van der Waals surface area contributed by atoms with Crippen molar-refractivity contribution in [3.63, 3.8) is 0 Å². The molecule has 0 aliphatic carbocycles. The van der Waals surface area contributed by atoms with Crippen LogP contribution in [0.3, 0.4) is 0 Å². The highest BCUT2D eigenvalue weighted by atomic mass is 32.1. The van der Waals surface area contributed by atoms with E-state index in [1.54, 1.807) is 11.3 Å². The molecule has 0 atom stereocenters. The van der Waals surface area contributed by atoms with Gasteiger partial charge in [0.05, 0.1) is 18.5 Å². The quantitative estimate of drug-likeness (QED) is 0.433. The number of nitrogens with zero attached hydrogens (tertiary/aromatic N) is 3. The summed E-state index contributed by atoms with van der Waals surface area (Å²) in [5, 5.41) is 5.86. The fourth-order valence-corrected chi connectivity index (χ4v) is 3.66. The maximum absolute atomic E-state index is 5.72. The number of rotatable bonds is 10. The topological polar surface area (TPSA) is 39.4 Å². The van der Waals surface area contributed by atoms with Crippen molar-refractivity contribution in [1.82, 2.24) is 14.6 Å². The SMILES string of the molecule is CCCCCCc1nn2cc(-c3ccc(OCCCC)cc3)nc2s1. The minimum Gasteiger partial charge on any atom is -0.494 e. The average Bonchev–Trinajstić information content (AvgIpc) is 3.18. The van der Waals surface area contributed by atoms with Crippen LogP contribution in [-0.2, 0) is 6.42 Å². The number of imidazole rings is 1. The zero-order valence-electron chi connectivity index (χ0n) is 15.2. The molecule has 0 saturated carbocycles. The number of ether oxygens (including phenoxy) is 1. The van der Waals surface area contributed by atoms with Gasteiger partial charge in [-0.05, 0) is 37.1 Å². The minimum atomic E-state index is 0.779. The summed E-state index contributed by atoms with van der Waals surface area (Å²) in [4.78, 5) is 5.71. The molecule has 4 nitrogen and oxygen atoms in total. The number of hydrogen-bond acceptors (Lipinski definition) is 4. The zero-order chi connectivity index (χ0) is 17.5. The van der Waals surface area contributed by atoms with Crippen LogP contribution in [0.1, 0.15) is 57.4 Å². The van der Waals surface area contributed by atoms with Gasteiger partial charge >= 0.3 is 0 Å². The first-order chi connectivity index (χ1) is 12.3. The highest BCUT2D eigenvalue weighted by Gasteiger charge is 2.10. The van der Waals surface area contributed by atoms with E-state index < -0.39 is 0 Å². The highest BCUT2D eigenvalue weighted by Crippen LogP contribution is 2.25. The van der Waals surface area contributed by atoms with Crippen molar-refractivity contribution < 1.29 is 4.74 Å². The summed E-state index contributed by atoms with van der Waals surface area (Å²) in [5.41, 5.74) is 2.07. The van der Waals surface area contributed by atoms with Gasteiger partial charge in [0.25, 0.3) is 0 Å². The third kappa shape index (κ3) is 4.82. The smallest absolute Gasteiger partial charge is 0.212 e. The monoisotopic (exact) mass is 357 g/mol. The van der Waals surface area contributed by atoms with Crippen molar-refractivity contribution >= 4 is 16.3 Å². The molecule has 0 saturated heterocycles. The largest absolute Gasteiger partial charge is 0.494 e. The lowest BCUT2D eigenvalue weighted by Crippen LogP contribution is -1.95. The molecule has 134 valence electrons. The summed E-state index contributed by atoms with van der Waals surface area (Å²) in [7, 11) is 0. The molecule has 0 amide bonds. The van der Waals surface area contributed by atoms with Crippen molar-refractivity contribution in [3.8, 4) is 17.0 Å². The van der Waals surface area contributed by atoms with Gasteiger partial charge in [0.15, 0.2) is 0 Å². The number of hydrogen-bond donors (Lipinski definition) is 0. The molecule has 0 unspecified atom stereocenters. The van der Waals surface area contributed by atoms with Gasteiger partial charge in [-0.1, -0.05) is 50.9 Å². The zero-order valence-corrected chi connectivity index (χ0v) is 16.0. The van der Waals surface area contributed by atoms with Gasteiger partial charge in [-0.2, -0.15) is 5.10 Å². The first-order valence-electron chi connectivity index (χ1n) is 9.38. The fraction of sp³-hybridized carbons (Fsp3) is 0.500. The predicted octanol–water partition coefficient (Wildman–Crippen LogP) is 5.76. The van der Waals surface area contributed by atoms with E-state index in [0.29, 0.717) is 0 Å². The minimum absolute atomic E-state index is 0.779. The van der Waals surface area contributed by atoms with Gasteiger partial charge in [0.1, 0.15) is 10.8 Å². The van der Waals surface area contributed by atoms with E-state index in [2.05, 4.69) is 31.1 Å². The fourth-order valence-electron chi connectivity index (χ4n) is 2.74. The molecule has 0 bridgehead atoms. The van der Waals surface area contributed by atoms with Gasteiger partial charge in [0.2, 0.25) is 4.96 Å². The number of fused-ring (bicyclic) bond motifs is 1. The van der Waals surface area contributed by atoms with Crippen LogP contribution in [0.15, 0.2) is 30.5 Å². The maximum atomic E-state index is 5.72. The van der Waals surface area contributed by atoms with Crippen molar-refractivity contribution in [2.75, 3.05) is 6.61 Å². The molecule has 2 heterocycles. The first-order valence-corrected chi connectivity index (χ1v) is 10.2. The van der Waals surface area contributed by atoms with Crippen molar-refractivity contribution in [2.45, 2.75) is 58.8 Å². The van der Waals surface area contributed by atoms with Crippen molar-refractivity contribution in [3.05, 3.63) is 35.5 Å². The second-order valence-electron chi connectivity index (χ2n) is 6.39. The summed E-state index contributed by atoms with van der Waals surface area (Å²) in [5.74, 6) is 0.922. The van der Waals surface area contributed by atoms with Gasteiger partial charge in [0, 0.05) is 12.0 Å². The van der Waals surface area contributed by atoms with Crippen LogP contribution >= 0.6 is 11.3 Å². The molecule has 3 rings (SSSR count). The average molecular weight is 358 g/mol. The number of aryl methyl sites for hydroxylation is 1. The Morgan fingerprint density at radius 3 is 2.52 bits per heavy atom. The summed E-state index contributed by atoms with van der Waals surface area (Å²) in [6, 6.07) is 8.18. The molecular weight excluding hydrogens is 330 g/mol. The van der Waals surface area contributed by atoms with Crippen LogP contribution < -0.4 is 4.74 Å². The molecule has 0 radical (unpaired) electrons. The van der Waals surface area contributed by atoms with Gasteiger partial charge in [-0.15, -0.1) is 0 Å². The van der Waals surface area contributed by atoms with Crippen molar-refractivity contribution in [2.24, 2.45) is 0 Å². The third-order valence-corrected chi connectivity index (χ3v) is 5.23. The molecule has 0 aliphatic heterocycles. The maximum Gasteiger partial charge on any atom is 0.212 e. The second-order valence-corrected chi connectivity index (χ2v) is 7.43. The standard InChI is InChI=1S/C20H27N3OS/c1-3-5-7-8-9-19-22-23-15-18(21-20(23)25-19)16-10-12-17(13-11-16)24-14-6-4-2/h10-13,15H,3-9,14H2,1-2H3. The van der Waals surface area contributed by atoms with Gasteiger partial charge in [-0.25, -0.2) is 9.50 Å². The molecule has 0 N–H and O–H groups in total. The van der Waals surface area contributed by atoms with Gasteiger partial charge < -0.3 is 4.74 Å². The lowest BCUT2D eigenvalue weighted by molar-refractivity contribution is 0.309. The molecule has 0 fully saturated rings. The Labute approximate surface area is 153 Å². The van der Waals surface area contributed by atoms with E-state index in [0.717, 1.165) is 47.8 Å². The molecule has 3 aromatic rings. The van der Waals surface area contributed by atoms with Crippen LogP contribution in [0.4, 0.5) is 0 Å². The summed E-state index contributed by atoms with van der Waals surface area (Å²) in [6.45, 7) is 5.19.